The average molecular weight is 562 g/mol. The molecule has 1 saturated heterocycles. The summed E-state index contributed by atoms with van der Waals surface area (Å²) in [5.41, 5.74) is -4.22. The van der Waals surface area contributed by atoms with E-state index in [1.807, 2.05) is 0 Å². The third kappa shape index (κ3) is 5.48. The third-order valence-corrected chi connectivity index (χ3v) is 5.85. The predicted octanol–water partition coefficient (Wildman–Crippen LogP) is 4.55. The molecular formula is C24H20F6N2O7. The summed E-state index contributed by atoms with van der Waals surface area (Å²) in [6, 6.07) is 5.30. The molecule has 210 valence electrons. The van der Waals surface area contributed by atoms with E-state index in [0.29, 0.717) is 0 Å². The molecule has 15 heteroatoms. The number of hydrogen-bond acceptors (Lipinski definition) is 8. The maximum Gasteiger partial charge on any atom is 0.433 e. The first kappa shape index (κ1) is 28.1. The summed E-state index contributed by atoms with van der Waals surface area (Å²) in [5, 5.41) is -0.762. The summed E-state index contributed by atoms with van der Waals surface area (Å²) >= 11 is 0. The molecule has 9 nitrogen and oxygen atoms in total. The van der Waals surface area contributed by atoms with E-state index in [-0.39, 0.29) is 17.0 Å². The number of nitrogens with zero attached hydrogens (tertiary/aromatic N) is 2. The van der Waals surface area contributed by atoms with E-state index in [0.717, 1.165) is 25.3 Å². The van der Waals surface area contributed by atoms with E-state index in [2.05, 4.69) is 4.98 Å². The zero-order valence-corrected chi connectivity index (χ0v) is 20.4. The number of pyridine rings is 1. The minimum absolute atomic E-state index is 0.0401. The van der Waals surface area contributed by atoms with Crippen LogP contribution in [0, 0.1) is 0 Å². The normalized spacial score (nSPS) is 21.8. The lowest BCUT2D eigenvalue weighted by molar-refractivity contribution is -0.166. The van der Waals surface area contributed by atoms with E-state index in [1.165, 1.54) is 24.3 Å². The number of benzene rings is 1. The van der Waals surface area contributed by atoms with Gasteiger partial charge in [-0.25, -0.2) is 4.98 Å². The van der Waals surface area contributed by atoms with Crippen LogP contribution in [0.1, 0.15) is 38.3 Å². The summed E-state index contributed by atoms with van der Waals surface area (Å²) in [6.45, 7) is 2.56. The van der Waals surface area contributed by atoms with Gasteiger partial charge in [-0.2, -0.15) is 26.3 Å². The Labute approximate surface area is 215 Å². The highest BCUT2D eigenvalue weighted by atomic mass is 19.4. The maximum atomic E-state index is 14.1. The number of para-hydroxylation sites is 1. The molecule has 0 saturated carbocycles. The van der Waals surface area contributed by atoms with Gasteiger partial charge in [-0.3, -0.25) is 19.0 Å². The highest BCUT2D eigenvalue weighted by Gasteiger charge is 2.52. The van der Waals surface area contributed by atoms with Gasteiger partial charge in [-0.1, -0.05) is 18.2 Å². The Morgan fingerprint density at radius 1 is 0.923 bits per heavy atom. The predicted molar refractivity (Wildman–Crippen MR) is 119 cm³/mol. The standard InChI is InChI=1S/C24H20F6N2O7/c1-10(33)36-9-16-19(37-11(2)34)20(38-12(3)35)22(39-16)32-15-7-5-4-6-13(15)18-14(23(25,26)27)8-17(24(28,29)30)31-21(18)32/h4-8,16,19-20,22H,9H2,1-3H3/t16-,19-,20-,22-/m1/s1. The molecule has 1 aliphatic rings. The van der Waals surface area contributed by atoms with Crippen molar-refractivity contribution in [3.63, 3.8) is 0 Å². The van der Waals surface area contributed by atoms with E-state index in [9.17, 15) is 40.7 Å². The number of carbonyl (C=O) groups excluding carboxylic acids is 3. The Balaban J connectivity index is 2.04. The van der Waals surface area contributed by atoms with Gasteiger partial charge in [0.2, 0.25) is 0 Å². The van der Waals surface area contributed by atoms with Crippen molar-refractivity contribution in [2.45, 2.75) is 57.7 Å². The highest BCUT2D eigenvalue weighted by Crippen LogP contribution is 2.45. The number of fused-ring (bicyclic) bond motifs is 3. The molecule has 4 atom stereocenters. The molecule has 3 heterocycles. The molecule has 0 aliphatic carbocycles. The van der Waals surface area contributed by atoms with Gasteiger partial charge in [0.15, 0.2) is 18.4 Å². The molecule has 3 aromatic rings. The lowest BCUT2D eigenvalue weighted by Gasteiger charge is -2.24. The van der Waals surface area contributed by atoms with E-state index >= 15 is 0 Å². The summed E-state index contributed by atoms with van der Waals surface area (Å²) in [5.74, 6) is -2.54. The molecule has 0 spiro atoms. The fraction of sp³-hybridized carbons (Fsp3) is 0.417. The van der Waals surface area contributed by atoms with Gasteiger partial charge >= 0.3 is 30.3 Å². The lowest BCUT2D eigenvalue weighted by Crippen LogP contribution is -2.40. The molecule has 2 aromatic heterocycles. The van der Waals surface area contributed by atoms with Crippen LogP contribution in [0.2, 0.25) is 0 Å². The Morgan fingerprint density at radius 2 is 1.54 bits per heavy atom. The van der Waals surface area contributed by atoms with Gasteiger partial charge in [0.05, 0.1) is 11.1 Å². The van der Waals surface area contributed by atoms with E-state index in [1.54, 1.807) is 0 Å². The smallest absolute Gasteiger partial charge is 0.433 e. The second-order valence-electron chi connectivity index (χ2n) is 8.65. The SMILES string of the molecule is CC(=O)OC[C@H]1O[C@@H](n2c3ccccc3c3c(C(F)(F)F)cc(C(F)(F)F)nc32)[C@H](OC(C)=O)[C@@H]1OC(C)=O. The monoisotopic (exact) mass is 562 g/mol. The van der Waals surface area contributed by atoms with Crippen LogP contribution in [0.25, 0.3) is 21.9 Å². The quantitative estimate of drug-likeness (QED) is 0.253. The fourth-order valence-corrected chi connectivity index (χ4v) is 4.51. The van der Waals surface area contributed by atoms with Crippen LogP contribution in [0.3, 0.4) is 0 Å². The molecule has 0 radical (unpaired) electrons. The van der Waals surface area contributed by atoms with Crippen molar-refractivity contribution >= 4 is 39.8 Å². The van der Waals surface area contributed by atoms with Crippen LogP contribution in [-0.2, 0) is 45.7 Å². The molecule has 39 heavy (non-hydrogen) atoms. The number of esters is 3. The van der Waals surface area contributed by atoms with Crippen molar-refractivity contribution in [2.24, 2.45) is 0 Å². The van der Waals surface area contributed by atoms with E-state index in [4.69, 9.17) is 18.9 Å². The van der Waals surface area contributed by atoms with Gasteiger partial charge in [0, 0.05) is 31.5 Å². The summed E-state index contributed by atoms with van der Waals surface area (Å²) < 4.78 is 106. The van der Waals surface area contributed by atoms with Crippen molar-refractivity contribution in [3.05, 3.63) is 41.6 Å². The van der Waals surface area contributed by atoms with Crippen molar-refractivity contribution in [1.82, 2.24) is 9.55 Å². The lowest BCUT2D eigenvalue weighted by atomic mass is 10.1. The second kappa shape index (κ2) is 10.0. The van der Waals surface area contributed by atoms with Crippen LogP contribution in [0.15, 0.2) is 30.3 Å². The Hall–Kier alpha value is -3.88. The number of carbonyl (C=O) groups is 3. The molecular weight excluding hydrogens is 542 g/mol. The van der Waals surface area contributed by atoms with Crippen molar-refractivity contribution in [1.29, 1.82) is 0 Å². The van der Waals surface area contributed by atoms with Crippen LogP contribution < -0.4 is 0 Å². The van der Waals surface area contributed by atoms with Crippen molar-refractivity contribution in [2.75, 3.05) is 6.61 Å². The van der Waals surface area contributed by atoms with Crippen LogP contribution in [-0.4, -0.2) is 52.4 Å². The number of ether oxygens (including phenoxy) is 4. The number of aromatic nitrogens is 2. The number of halogens is 6. The maximum absolute atomic E-state index is 14.1. The average Bonchev–Trinajstić information content (AvgIpc) is 3.30. The van der Waals surface area contributed by atoms with Gasteiger partial charge in [-0.05, 0) is 12.1 Å². The topological polar surface area (TPSA) is 106 Å². The zero-order valence-electron chi connectivity index (χ0n) is 20.4. The van der Waals surface area contributed by atoms with Gasteiger partial charge in [0.1, 0.15) is 24.1 Å². The summed E-state index contributed by atoms with van der Waals surface area (Å²) in [4.78, 5) is 38.8. The second-order valence-corrected chi connectivity index (χ2v) is 8.65. The van der Waals surface area contributed by atoms with Crippen molar-refractivity contribution < 1.29 is 59.7 Å². The molecule has 1 fully saturated rings. The van der Waals surface area contributed by atoms with Crippen LogP contribution in [0.4, 0.5) is 26.3 Å². The highest BCUT2D eigenvalue weighted by molar-refractivity contribution is 6.08. The first-order valence-corrected chi connectivity index (χ1v) is 11.3. The first-order valence-electron chi connectivity index (χ1n) is 11.3. The first-order chi connectivity index (χ1) is 18.1. The van der Waals surface area contributed by atoms with Crippen LogP contribution >= 0.6 is 0 Å². The summed E-state index contributed by atoms with van der Waals surface area (Å²) in [6.07, 6.45) is -16.4. The van der Waals surface area contributed by atoms with Crippen LogP contribution in [0.5, 0.6) is 0 Å². The summed E-state index contributed by atoms with van der Waals surface area (Å²) in [7, 11) is 0. The largest absolute Gasteiger partial charge is 0.463 e. The zero-order chi connectivity index (χ0) is 28.9. The van der Waals surface area contributed by atoms with Crippen molar-refractivity contribution in [3.8, 4) is 0 Å². The van der Waals surface area contributed by atoms with E-state index < -0.39 is 83.7 Å². The number of hydrogen-bond donors (Lipinski definition) is 0. The molecule has 0 N–H and O–H groups in total. The van der Waals surface area contributed by atoms with Gasteiger partial charge in [0.25, 0.3) is 0 Å². The number of alkyl halides is 6. The minimum Gasteiger partial charge on any atom is -0.463 e. The number of rotatable bonds is 5. The van der Waals surface area contributed by atoms with Gasteiger partial charge in [-0.15, -0.1) is 0 Å². The molecule has 0 bridgehead atoms. The fourth-order valence-electron chi connectivity index (χ4n) is 4.51. The Kier molecular flexibility index (Phi) is 7.23. The molecule has 0 unspecified atom stereocenters. The molecule has 0 amide bonds. The van der Waals surface area contributed by atoms with Gasteiger partial charge < -0.3 is 18.9 Å². The molecule has 4 rings (SSSR count). The minimum atomic E-state index is -5.25. The molecule has 1 aliphatic heterocycles. The third-order valence-electron chi connectivity index (χ3n) is 5.85. The molecule has 1 aromatic carbocycles. The Morgan fingerprint density at radius 3 is 2.10 bits per heavy atom. The Bertz CT molecular complexity index is 1450.